The summed E-state index contributed by atoms with van der Waals surface area (Å²) in [5.41, 5.74) is 3.21. The Hall–Kier alpha value is -3.29. The van der Waals surface area contributed by atoms with Gasteiger partial charge in [0.25, 0.3) is 5.91 Å². The smallest absolute Gasteiger partial charge is 0.319 e. The van der Waals surface area contributed by atoms with Gasteiger partial charge < -0.3 is 15.7 Å². The van der Waals surface area contributed by atoms with Gasteiger partial charge in [0.1, 0.15) is 12.3 Å². The van der Waals surface area contributed by atoms with Crippen LogP contribution in [0.2, 0.25) is 10.0 Å². The number of phenolic OH excluding ortho intramolecular Hbond substituents is 1. The van der Waals surface area contributed by atoms with Crippen LogP contribution in [0.25, 0.3) is 10.8 Å². The molecule has 3 amide bonds. The van der Waals surface area contributed by atoms with Crippen LogP contribution in [0.15, 0.2) is 59.7 Å². The molecular formula is C20H16Cl2N4O3. The highest BCUT2D eigenvalue weighted by molar-refractivity contribution is 6.42. The topological polar surface area (TPSA) is 103 Å². The number of hydrogen-bond acceptors (Lipinski definition) is 4. The number of rotatable bonds is 5. The molecule has 0 unspecified atom stereocenters. The van der Waals surface area contributed by atoms with Gasteiger partial charge in [-0.05, 0) is 35.0 Å². The van der Waals surface area contributed by atoms with Crippen molar-refractivity contribution in [3.8, 4) is 5.75 Å². The number of aromatic hydroxyl groups is 1. The number of phenols is 1. The molecule has 0 bridgehead atoms. The molecule has 0 saturated heterocycles. The van der Waals surface area contributed by atoms with Crippen molar-refractivity contribution in [1.29, 1.82) is 0 Å². The Morgan fingerprint density at radius 3 is 2.62 bits per heavy atom. The third-order valence-electron chi connectivity index (χ3n) is 3.92. The van der Waals surface area contributed by atoms with E-state index >= 15 is 0 Å². The lowest BCUT2D eigenvalue weighted by molar-refractivity contribution is -0.120. The zero-order chi connectivity index (χ0) is 20.8. The first-order valence-electron chi connectivity index (χ1n) is 8.46. The van der Waals surface area contributed by atoms with Crippen LogP contribution in [0.3, 0.4) is 0 Å². The monoisotopic (exact) mass is 430 g/mol. The normalized spacial score (nSPS) is 10.8. The highest BCUT2D eigenvalue weighted by Crippen LogP contribution is 2.26. The van der Waals surface area contributed by atoms with Crippen LogP contribution in [-0.2, 0) is 4.79 Å². The molecule has 0 saturated carbocycles. The van der Waals surface area contributed by atoms with E-state index in [0.717, 1.165) is 10.8 Å². The Labute approximate surface area is 176 Å². The average Bonchev–Trinajstić information content (AvgIpc) is 2.71. The second-order valence-electron chi connectivity index (χ2n) is 5.95. The molecule has 29 heavy (non-hydrogen) atoms. The molecule has 7 nitrogen and oxygen atoms in total. The molecule has 3 aromatic rings. The maximum absolute atomic E-state index is 11.9. The fraction of sp³-hybridized carbons (Fsp3) is 0.0500. The summed E-state index contributed by atoms with van der Waals surface area (Å²) in [5.74, 6) is -0.494. The zero-order valence-electron chi connectivity index (χ0n) is 14.9. The van der Waals surface area contributed by atoms with E-state index < -0.39 is 11.9 Å². The number of halogens is 2. The molecule has 0 fully saturated rings. The van der Waals surface area contributed by atoms with Gasteiger partial charge in [-0.3, -0.25) is 4.79 Å². The van der Waals surface area contributed by atoms with Crippen LogP contribution in [0.4, 0.5) is 10.5 Å². The lowest BCUT2D eigenvalue weighted by Crippen LogP contribution is -2.37. The molecule has 0 aliphatic rings. The van der Waals surface area contributed by atoms with Crippen LogP contribution < -0.4 is 16.1 Å². The van der Waals surface area contributed by atoms with Crippen LogP contribution >= 0.6 is 23.2 Å². The number of amides is 3. The summed E-state index contributed by atoms with van der Waals surface area (Å²) in [5, 5.41) is 21.2. The summed E-state index contributed by atoms with van der Waals surface area (Å²) in [6, 6.07) is 14.8. The third-order valence-corrected chi connectivity index (χ3v) is 4.66. The lowest BCUT2D eigenvalue weighted by Gasteiger charge is -2.08. The highest BCUT2D eigenvalue weighted by atomic mass is 35.5. The predicted molar refractivity (Wildman–Crippen MR) is 115 cm³/mol. The van der Waals surface area contributed by atoms with Crippen molar-refractivity contribution in [2.45, 2.75) is 0 Å². The van der Waals surface area contributed by atoms with E-state index in [2.05, 4.69) is 21.2 Å². The van der Waals surface area contributed by atoms with E-state index in [4.69, 9.17) is 23.2 Å². The van der Waals surface area contributed by atoms with E-state index in [-0.39, 0.29) is 12.3 Å². The predicted octanol–water partition coefficient (Wildman–Crippen LogP) is 4.12. The second-order valence-corrected chi connectivity index (χ2v) is 6.76. The van der Waals surface area contributed by atoms with Crippen LogP contribution in [-0.4, -0.2) is 29.8 Å². The second kappa shape index (κ2) is 9.27. The molecule has 0 aromatic heterocycles. The number of carbonyl (C=O) groups is 2. The summed E-state index contributed by atoms with van der Waals surface area (Å²) in [4.78, 5) is 23.7. The lowest BCUT2D eigenvalue weighted by atomic mass is 10.0. The van der Waals surface area contributed by atoms with Gasteiger partial charge in [-0.2, -0.15) is 5.10 Å². The molecule has 0 radical (unpaired) electrons. The minimum Gasteiger partial charge on any atom is -0.507 e. The molecule has 0 spiro atoms. The molecule has 3 aromatic carbocycles. The Morgan fingerprint density at radius 2 is 1.83 bits per heavy atom. The first-order valence-corrected chi connectivity index (χ1v) is 9.22. The molecule has 4 N–H and O–H groups in total. The summed E-state index contributed by atoms with van der Waals surface area (Å²) >= 11 is 11.7. The Balaban J connectivity index is 1.53. The highest BCUT2D eigenvalue weighted by Gasteiger charge is 2.07. The van der Waals surface area contributed by atoms with Crippen LogP contribution in [0.1, 0.15) is 5.56 Å². The van der Waals surface area contributed by atoms with Crippen molar-refractivity contribution in [2.75, 3.05) is 11.9 Å². The summed E-state index contributed by atoms with van der Waals surface area (Å²) < 4.78 is 0. The van der Waals surface area contributed by atoms with Crippen molar-refractivity contribution in [3.63, 3.8) is 0 Å². The third kappa shape index (κ3) is 5.37. The molecule has 0 heterocycles. The van der Waals surface area contributed by atoms with Gasteiger partial charge in [0, 0.05) is 11.3 Å². The number of carbonyl (C=O) groups excluding carboxylic acids is 2. The number of anilines is 1. The van der Waals surface area contributed by atoms with Crippen LogP contribution in [0.5, 0.6) is 5.75 Å². The zero-order valence-corrected chi connectivity index (χ0v) is 16.5. The van der Waals surface area contributed by atoms with Gasteiger partial charge in [0.05, 0.1) is 16.3 Å². The number of benzene rings is 3. The molecule has 0 atom stereocenters. The molecular weight excluding hydrogens is 415 g/mol. The number of nitrogens with zero attached hydrogens (tertiary/aromatic N) is 1. The number of fused-ring (bicyclic) bond motifs is 1. The van der Waals surface area contributed by atoms with Crippen molar-refractivity contribution in [2.24, 2.45) is 5.10 Å². The van der Waals surface area contributed by atoms with Crippen molar-refractivity contribution in [1.82, 2.24) is 10.7 Å². The maximum atomic E-state index is 11.9. The van der Waals surface area contributed by atoms with Gasteiger partial charge in [0.15, 0.2) is 0 Å². The maximum Gasteiger partial charge on any atom is 0.319 e. The quantitative estimate of drug-likeness (QED) is 0.361. The average molecular weight is 431 g/mol. The summed E-state index contributed by atoms with van der Waals surface area (Å²) in [7, 11) is 0. The minimum absolute atomic E-state index is 0.0424. The Morgan fingerprint density at radius 1 is 1.03 bits per heavy atom. The minimum atomic E-state index is -0.589. The summed E-state index contributed by atoms with van der Waals surface area (Å²) in [6.07, 6.45) is 1.35. The number of urea groups is 1. The van der Waals surface area contributed by atoms with E-state index in [1.165, 1.54) is 12.3 Å². The largest absolute Gasteiger partial charge is 0.507 e. The first-order chi connectivity index (χ1) is 13.9. The molecule has 0 aliphatic heterocycles. The van der Waals surface area contributed by atoms with Gasteiger partial charge in [-0.25, -0.2) is 10.2 Å². The molecule has 3 rings (SSSR count). The van der Waals surface area contributed by atoms with Crippen molar-refractivity contribution < 1.29 is 14.7 Å². The molecule has 0 aliphatic carbocycles. The first kappa shape index (κ1) is 20.4. The van der Waals surface area contributed by atoms with Gasteiger partial charge in [-0.15, -0.1) is 0 Å². The van der Waals surface area contributed by atoms with Crippen molar-refractivity contribution >= 4 is 57.8 Å². The summed E-state index contributed by atoms with van der Waals surface area (Å²) in [6.45, 7) is -0.300. The Kier molecular flexibility index (Phi) is 6.54. The Bertz CT molecular complexity index is 1100. The SMILES string of the molecule is O=C(CNC(=O)Nc1ccc(Cl)c(Cl)c1)N/N=C/c1c(O)ccc2ccccc12. The van der Waals surface area contributed by atoms with E-state index in [1.54, 1.807) is 24.3 Å². The number of hydrogen-bond donors (Lipinski definition) is 4. The van der Waals surface area contributed by atoms with E-state index in [0.29, 0.717) is 21.3 Å². The van der Waals surface area contributed by atoms with Gasteiger partial charge in [-0.1, -0.05) is 53.5 Å². The fourth-order valence-corrected chi connectivity index (χ4v) is 2.84. The standard InChI is InChI=1S/C20H16Cl2N4O3/c21-16-7-6-13(9-17(16)22)25-20(29)23-11-19(28)26-24-10-15-14-4-2-1-3-12(14)5-8-18(15)27/h1-10,27H,11H2,(H,26,28)(H2,23,25,29)/b24-10+. The number of hydrazone groups is 1. The van der Waals surface area contributed by atoms with Gasteiger partial charge in [0.2, 0.25) is 0 Å². The molecule has 148 valence electrons. The fourth-order valence-electron chi connectivity index (χ4n) is 2.54. The van der Waals surface area contributed by atoms with Crippen molar-refractivity contribution in [3.05, 3.63) is 70.2 Å². The molecule has 9 heteroatoms. The van der Waals surface area contributed by atoms with Gasteiger partial charge >= 0.3 is 6.03 Å². The van der Waals surface area contributed by atoms with E-state index in [1.807, 2.05) is 24.3 Å². The van der Waals surface area contributed by atoms with E-state index in [9.17, 15) is 14.7 Å². The number of nitrogens with one attached hydrogen (secondary N) is 3. The van der Waals surface area contributed by atoms with Crippen LogP contribution in [0, 0.1) is 0 Å².